The molecule has 1 aliphatic rings. The number of hydrogen-bond donors (Lipinski definition) is 2. The van der Waals surface area contributed by atoms with Crippen LogP contribution in [0.25, 0.3) is 0 Å². The second kappa shape index (κ2) is 6.03. The molecule has 0 spiro atoms. The lowest BCUT2D eigenvalue weighted by atomic mass is 10.2. The van der Waals surface area contributed by atoms with E-state index in [0.717, 1.165) is 18.4 Å². The molecular weight excluding hydrogens is 302 g/mol. The molecule has 1 saturated carbocycles. The van der Waals surface area contributed by atoms with Crippen molar-refractivity contribution in [3.8, 4) is 0 Å². The van der Waals surface area contributed by atoms with Gasteiger partial charge in [-0.1, -0.05) is 11.2 Å². The molecule has 0 saturated heterocycles. The van der Waals surface area contributed by atoms with E-state index in [1.807, 2.05) is 0 Å². The molecule has 9 nitrogen and oxygen atoms in total. The largest absolute Gasteiger partial charge is 0.337 e. The van der Waals surface area contributed by atoms with Crippen LogP contribution in [0.1, 0.15) is 36.0 Å². The van der Waals surface area contributed by atoms with E-state index >= 15 is 0 Å². The highest BCUT2D eigenvalue weighted by Crippen LogP contribution is 2.38. The van der Waals surface area contributed by atoms with Crippen LogP contribution in [0, 0.1) is 17.0 Å². The highest BCUT2D eigenvalue weighted by atomic mass is 16.6. The van der Waals surface area contributed by atoms with Gasteiger partial charge in [0.2, 0.25) is 5.89 Å². The Balaban J connectivity index is 1.58. The Labute approximate surface area is 131 Å². The van der Waals surface area contributed by atoms with Crippen molar-refractivity contribution >= 4 is 17.4 Å². The summed E-state index contributed by atoms with van der Waals surface area (Å²) in [6, 6.07) is 3.77. The predicted molar refractivity (Wildman–Crippen MR) is 80.0 cm³/mol. The number of urea groups is 1. The maximum absolute atomic E-state index is 11.9. The third-order valence-electron chi connectivity index (χ3n) is 3.51. The lowest BCUT2D eigenvalue weighted by Crippen LogP contribution is -2.28. The number of carbonyl (C=O) groups is 1. The van der Waals surface area contributed by atoms with Crippen molar-refractivity contribution in [1.82, 2.24) is 15.5 Å². The Bertz CT molecular complexity index is 753. The Morgan fingerprint density at radius 2 is 2.26 bits per heavy atom. The number of rotatable bonds is 5. The molecule has 1 fully saturated rings. The smallest absolute Gasteiger partial charge is 0.319 e. The molecule has 0 unspecified atom stereocenters. The number of anilines is 1. The number of hydrogen-bond acceptors (Lipinski definition) is 6. The number of nitro benzene ring substituents is 1. The summed E-state index contributed by atoms with van der Waals surface area (Å²) in [6.07, 6.45) is 2.14. The van der Waals surface area contributed by atoms with E-state index in [4.69, 9.17) is 4.52 Å². The van der Waals surface area contributed by atoms with E-state index in [2.05, 4.69) is 20.8 Å². The fourth-order valence-corrected chi connectivity index (χ4v) is 2.03. The van der Waals surface area contributed by atoms with E-state index < -0.39 is 11.0 Å². The first kappa shape index (κ1) is 14.9. The molecule has 0 bridgehead atoms. The van der Waals surface area contributed by atoms with Crippen molar-refractivity contribution in [3.05, 3.63) is 45.6 Å². The summed E-state index contributed by atoms with van der Waals surface area (Å²) < 4.78 is 5.05. The van der Waals surface area contributed by atoms with Gasteiger partial charge in [-0.2, -0.15) is 4.98 Å². The molecule has 2 N–H and O–H groups in total. The fraction of sp³-hybridized carbons (Fsp3) is 0.357. The molecule has 2 amide bonds. The van der Waals surface area contributed by atoms with Crippen molar-refractivity contribution in [2.24, 2.45) is 0 Å². The van der Waals surface area contributed by atoms with Gasteiger partial charge in [-0.3, -0.25) is 10.1 Å². The van der Waals surface area contributed by atoms with Gasteiger partial charge in [-0.05, 0) is 25.3 Å². The lowest BCUT2D eigenvalue weighted by molar-refractivity contribution is -0.384. The van der Waals surface area contributed by atoms with E-state index in [9.17, 15) is 14.9 Å². The molecule has 3 rings (SSSR count). The lowest BCUT2D eigenvalue weighted by Gasteiger charge is -2.08. The summed E-state index contributed by atoms with van der Waals surface area (Å²) in [5.74, 6) is 1.39. The van der Waals surface area contributed by atoms with E-state index in [0.29, 0.717) is 23.3 Å². The maximum Gasteiger partial charge on any atom is 0.319 e. The van der Waals surface area contributed by atoms with Crippen molar-refractivity contribution in [3.63, 3.8) is 0 Å². The van der Waals surface area contributed by atoms with Crippen LogP contribution in [0.4, 0.5) is 16.2 Å². The summed E-state index contributed by atoms with van der Waals surface area (Å²) in [7, 11) is 0. The number of non-ortho nitro benzene ring substituents is 1. The predicted octanol–water partition coefficient (Wildman–Crippen LogP) is 2.49. The third-order valence-corrected chi connectivity index (χ3v) is 3.51. The van der Waals surface area contributed by atoms with Crippen LogP contribution in [0.5, 0.6) is 0 Å². The van der Waals surface area contributed by atoms with E-state index in [-0.39, 0.29) is 12.2 Å². The van der Waals surface area contributed by atoms with Crippen LogP contribution in [0.2, 0.25) is 0 Å². The minimum atomic E-state index is -0.514. The van der Waals surface area contributed by atoms with Gasteiger partial charge >= 0.3 is 6.03 Å². The number of carbonyl (C=O) groups excluding carboxylic acids is 1. The van der Waals surface area contributed by atoms with Crippen LogP contribution in [-0.4, -0.2) is 21.1 Å². The van der Waals surface area contributed by atoms with Gasteiger partial charge in [0.1, 0.15) is 0 Å². The molecule has 0 atom stereocenters. The molecule has 1 aromatic carbocycles. The Morgan fingerprint density at radius 1 is 1.48 bits per heavy atom. The third kappa shape index (κ3) is 3.62. The van der Waals surface area contributed by atoms with Gasteiger partial charge in [-0.25, -0.2) is 4.79 Å². The van der Waals surface area contributed by atoms with Gasteiger partial charge in [0.05, 0.1) is 17.2 Å². The number of aromatic nitrogens is 2. The Kier molecular flexibility index (Phi) is 3.92. The van der Waals surface area contributed by atoms with Crippen molar-refractivity contribution < 1.29 is 14.2 Å². The monoisotopic (exact) mass is 317 g/mol. The Hall–Kier alpha value is -2.97. The molecule has 1 aliphatic carbocycles. The molecule has 1 aromatic heterocycles. The van der Waals surface area contributed by atoms with Crippen LogP contribution in [-0.2, 0) is 6.54 Å². The first-order valence-electron chi connectivity index (χ1n) is 7.15. The van der Waals surface area contributed by atoms with Crippen LogP contribution < -0.4 is 10.6 Å². The average molecular weight is 317 g/mol. The molecule has 23 heavy (non-hydrogen) atoms. The minimum Gasteiger partial charge on any atom is -0.337 e. The van der Waals surface area contributed by atoms with Crippen LogP contribution in [0.3, 0.4) is 0 Å². The zero-order chi connectivity index (χ0) is 16.4. The van der Waals surface area contributed by atoms with Crippen molar-refractivity contribution in [2.45, 2.75) is 32.2 Å². The molecule has 0 aliphatic heterocycles. The minimum absolute atomic E-state index is 0.0862. The van der Waals surface area contributed by atoms with Gasteiger partial charge in [-0.15, -0.1) is 0 Å². The number of amides is 2. The highest BCUT2D eigenvalue weighted by Gasteiger charge is 2.28. The zero-order valence-electron chi connectivity index (χ0n) is 12.4. The van der Waals surface area contributed by atoms with Crippen LogP contribution in [0.15, 0.2) is 22.7 Å². The maximum atomic E-state index is 11.9. The number of nitrogens with one attached hydrogen (secondary N) is 2. The zero-order valence-corrected chi connectivity index (χ0v) is 12.4. The summed E-state index contributed by atoms with van der Waals surface area (Å²) >= 11 is 0. The van der Waals surface area contributed by atoms with E-state index in [1.54, 1.807) is 13.0 Å². The second-order valence-corrected chi connectivity index (χ2v) is 5.38. The van der Waals surface area contributed by atoms with Crippen molar-refractivity contribution in [2.75, 3.05) is 5.32 Å². The van der Waals surface area contributed by atoms with E-state index in [1.165, 1.54) is 12.1 Å². The van der Waals surface area contributed by atoms with Gasteiger partial charge in [0, 0.05) is 18.1 Å². The molecule has 120 valence electrons. The van der Waals surface area contributed by atoms with Crippen molar-refractivity contribution in [1.29, 1.82) is 0 Å². The topological polar surface area (TPSA) is 123 Å². The number of nitrogens with zero attached hydrogens (tertiary/aromatic N) is 3. The first-order valence-corrected chi connectivity index (χ1v) is 7.15. The quantitative estimate of drug-likeness (QED) is 0.645. The highest BCUT2D eigenvalue weighted by molar-refractivity contribution is 5.90. The van der Waals surface area contributed by atoms with Gasteiger partial charge in [0.15, 0.2) is 5.82 Å². The number of benzene rings is 1. The Morgan fingerprint density at radius 3 is 2.96 bits per heavy atom. The normalized spacial score (nSPS) is 13.6. The summed E-state index contributed by atoms with van der Waals surface area (Å²) in [4.78, 5) is 26.3. The van der Waals surface area contributed by atoms with Crippen LogP contribution >= 0.6 is 0 Å². The SMILES string of the molecule is Cc1ccc([N+](=O)[O-])cc1NC(=O)NCc1nc(C2CC2)no1. The fourth-order valence-electron chi connectivity index (χ4n) is 2.03. The number of aryl methyl sites for hydroxylation is 1. The van der Waals surface area contributed by atoms with Gasteiger partial charge in [0.25, 0.3) is 5.69 Å². The van der Waals surface area contributed by atoms with Gasteiger partial charge < -0.3 is 15.2 Å². The summed E-state index contributed by atoms with van der Waals surface area (Å²) in [5, 5.41) is 19.8. The summed E-state index contributed by atoms with van der Waals surface area (Å²) in [5.41, 5.74) is 1.01. The molecule has 9 heteroatoms. The second-order valence-electron chi connectivity index (χ2n) is 5.38. The molecular formula is C14H15N5O4. The molecule has 1 heterocycles. The standard InChI is InChI=1S/C14H15N5O4/c1-8-2-5-10(19(21)22)6-11(8)16-14(20)15-7-12-17-13(18-23-12)9-3-4-9/h2,5-6,9H,3-4,7H2,1H3,(H2,15,16,20). The summed E-state index contributed by atoms with van der Waals surface area (Å²) in [6.45, 7) is 1.85. The molecule has 0 radical (unpaired) electrons. The first-order chi connectivity index (χ1) is 11.0. The number of nitro groups is 1. The molecule has 2 aromatic rings. The average Bonchev–Trinajstić information content (AvgIpc) is 3.26.